The summed E-state index contributed by atoms with van der Waals surface area (Å²) in [5, 5.41) is 5.91. The highest BCUT2D eigenvalue weighted by molar-refractivity contribution is 5.91. The molecule has 0 fully saturated rings. The summed E-state index contributed by atoms with van der Waals surface area (Å²) in [4.78, 5) is 16.2. The van der Waals surface area contributed by atoms with E-state index < -0.39 is 0 Å². The van der Waals surface area contributed by atoms with Gasteiger partial charge >= 0.3 is 6.03 Å². The van der Waals surface area contributed by atoms with Crippen molar-refractivity contribution in [2.45, 2.75) is 33.2 Å². The Morgan fingerprint density at radius 1 is 1.24 bits per heavy atom. The van der Waals surface area contributed by atoms with Crippen LogP contribution in [0.15, 0.2) is 42.7 Å². The molecule has 2 amide bonds. The van der Waals surface area contributed by atoms with Crippen LogP contribution in [0, 0.1) is 6.92 Å². The van der Waals surface area contributed by atoms with Gasteiger partial charge in [0.2, 0.25) is 0 Å². The summed E-state index contributed by atoms with van der Waals surface area (Å²) in [5.74, 6) is 0. The summed E-state index contributed by atoms with van der Waals surface area (Å²) in [6.45, 7) is 6.03. The molecule has 0 aliphatic rings. The maximum Gasteiger partial charge on any atom is 0.319 e. The lowest BCUT2D eigenvalue weighted by Gasteiger charge is -2.17. The fourth-order valence-electron chi connectivity index (χ4n) is 2.28. The lowest BCUT2D eigenvalue weighted by molar-refractivity contribution is 0.249. The molecule has 0 saturated heterocycles. The third-order valence-corrected chi connectivity index (χ3v) is 3.53. The van der Waals surface area contributed by atoms with Crippen LogP contribution < -0.4 is 10.6 Å². The van der Waals surface area contributed by atoms with Crippen molar-refractivity contribution in [1.29, 1.82) is 0 Å². The Balaban J connectivity index is 2.06. The fraction of sp³-hybridized carbons (Fsp3) is 0.294. The van der Waals surface area contributed by atoms with Crippen LogP contribution >= 0.6 is 0 Å². The zero-order valence-corrected chi connectivity index (χ0v) is 12.7. The van der Waals surface area contributed by atoms with Crippen molar-refractivity contribution in [3.8, 4) is 0 Å². The number of amides is 2. The van der Waals surface area contributed by atoms with Gasteiger partial charge in [-0.05, 0) is 49.1 Å². The van der Waals surface area contributed by atoms with E-state index >= 15 is 0 Å². The quantitative estimate of drug-likeness (QED) is 0.895. The molecule has 2 N–H and O–H groups in total. The molecule has 2 aromatic rings. The number of urea groups is 1. The Kier molecular flexibility index (Phi) is 4.93. The molecule has 1 heterocycles. The molecular formula is C17H21N3O. The van der Waals surface area contributed by atoms with E-state index in [-0.39, 0.29) is 12.1 Å². The second-order valence-corrected chi connectivity index (χ2v) is 5.06. The minimum atomic E-state index is -0.191. The minimum Gasteiger partial charge on any atom is -0.331 e. The smallest absolute Gasteiger partial charge is 0.319 e. The van der Waals surface area contributed by atoms with Gasteiger partial charge in [0.05, 0.1) is 6.04 Å². The lowest BCUT2D eigenvalue weighted by Crippen LogP contribution is -2.31. The molecule has 0 bridgehead atoms. The number of aryl methyl sites for hydroxylation is 2. The highest BCUT2D eigenvalue weighted by atomic mass is 16.2. The topological polar surface area (TPSA) is 54.0 Å². The predicted molar refractivity (Wildman–Crippen MR) is 85.4 cm³/mol. The van der Waals surface area contributed by atoms with Gasteiger partial charge in [0, 0.05) is 18.1 Å². The number of pyridine rings is 1. The second-order valence-electron chi connectivity index (χ2n) is 5.06. The van der Waals surface area contributed by atoms with Gasteiger partial charge in [-0.3, -0.25) is 4.98 Å². The molecule has 0 saturated carbocycles. The van der Waals surface area contributed by atoms with Gasteiger partial charge in [0.25, 0.3) is 0 Å². The van der Waals surface area contributed by atoms with Gasteiger partial charge in [0.15, 0.2) is 0 Å². The zero-order chi connectivity index (χ0) is 15.2. The van der Waals surface area contributed by atoms with Gasteiger partial charge in [-0.1, -0.05) is 25.1 Å². The summed E-state index contributed by atoms with van der Waals surface area (Å²) in [7, 11) is 0. The minimum absolute atomic E-state index is 0.0675. The molecule has 4 nitrogen and oxygen atoms in total. The van der Waals surface area contributed by atoms with Crippen LogP contribution in [0.5, 0.6) is 0 Å². The van der Waals surface area contributed by atoms with Gasteiger partial charge < -0.3 is 10.6 Å². The summed E-state index contributed by atoms with van der Waals surface area (Å²) < 4.78 is 0. The number of hydrogen-bond donors (Lipinski definition) is 2. The van der Waals surface area contributed by atoms with Gasteiger partial charge in [-0.2, -0.15) is 0 Å². The molecule has 0 aliphatic heterocycles. The first-order valence-electron chi connectivity index (χ1n) is 7.17. The van der Waals surface area contributed by atoms with Gasteiger partial charge in [-0.15, -0.1) is 0 Å². The number of nitrogens with zero attached hydrogens (tertiary/aromatic N) is 1. The normalized spacial score (nSPS) is 11.8. The number of rotatable bonds is 4. The number of aromatic nitrogens is 1. The van der Waals surface area contributed by atoms with Crippen molar-refractivity contribution in [2.24, 2.45) is 0 Å². The highest BCUT2D eigenvalue weighted by Crippen LogP contribution is 2.21. The van der Waals surface area contributed by atoms with Crippen molar-refractivity contribution in [2.75, 3.05) is 5.32 Å². The first-order chi connectivity index (χ1) is 10.1. The molecular weight excluding hydrogens is 262 g/mol. The lowest BCUT2D eigenvalue weighted by atomic mass is 10.1. The maximum atomic E-state index is 12.2. The molecule has 1 aromatic carbocycles. The second kappa shape index (κ2) is 6.88. The first-order valence-corrected chi connectivity index (χ1v) is 7.17. The van der Waals surface area contributed by atoms with Crippen molar-refractivity contribution >= 4 is 11.7 Å². The monoisotopic (exact) mass is 283 g/mol. The van der Waals surface area contributed by atoms with E-state index in [9.17, 15) is 4.79 Å². The summed E-state index contributed by atoms with van der Waals surface area (Å²) in [6.07, 6.45) is 4.33. The van der Waals surface area contributed by atoms with Crippen molar-refractivity contribution in [3.05, 3.63) is 59.4 Å². The van der Waals surface area contributed by atoms with E-state index in [1.165, 1.54) is 0 Å². The van der Waals surface area contributed by atoms with Gasteiger partial charge in [0.1, 0.15) is 0 Å². The van der Waals surface area contributed by atoms with Crippen LogP contribution in [0.3, 0.4) is 0 Å². The number of benzene rings is 1. The van der Waals surface area contributed by atoms with Crippen LogP contribution in [0.25, 0.3) is 0 Å². The van der Waals surface area contributed by atoms with E-state index in [1.807, 2.05) is 44.2 Å². The van der Waals surface area contributed by atoms with Crippen molar-refractivity contribution in [1.82, 2.24) is 10.3 Å². The third kappa shape index (κ3) is 3.81. The largest absolute Gasteiger partial charge is 0.331 e. The number of anilines is 1. The Morgan fingerprint density at radius 2 is 1.95 bits per heavy atom. The van der Waals surface area contributed by atoms with Crippen LogP contribution in [-0.4, -0.2) is 11.0 Å². The molecule has 1 aromatic heterocycles. The van der Waals surface area contributed by atoms with E-state index in [1.54, 1.807) is 12.4 Å². The Hall–Kier alpha value is -2.36. The average Bonchev–Trinajstić information content (AvgIpc) is 2.50. The number of nitrogens with one attached hydrogen (secondary N) is 2. The van der Waals surface area contributed by atoms with E-state index in [0.717, 1.165) is 28.8 Å². The molecule has 0 radical (unpaired) electrons. The molecule has 1 atom stereocenters. The SMILES string of the molecule is CCc1cccc(C)c1NC(=O)NC(C)c1ccncc1. The van der Waals surface area contributed by atoms with Crippen LogP contribution in [0.4, 0.5) is 10.5 Å². The van der Waals surface area contributed by atoms with E-state index in [0.29, 0.717) is 0 Å². The molecule has 1 unspecified atom stereocenters. The number of carbonyl (C=O) groups is 1. The first kappa shape index (κ1) is 15.0. The number of hydrogen-bond acceptors (Lipinski definition) is 2. The van der Waals surface area contributed by atoms with Crippen LogP contribution in [0.2, 0.25) is 0 Å². The Bertz CT molecular complexity index is 611. The van der Waals surface area contributed by atoms with Crippen LogP contribution in [-0.2, 0) is 6.42 Å². The molecule has 2 rings (SSSR count). The molecule has 110 valence electrons. The predicted octanol–water partition coefficient (Wildman–Crippen LogP) is 3.84. The summed E-state index contributed by atoms with van der Waals surface area (Å²) in [6, 6.07) is 9.59. The Labute approximate surface area is 125 Å². The van der Waals surface area contributed by atoms with Crippen LogP contribution in [0.1, 0.15) is 36.6 Å². The standard InChI is InChI=1S/C17H21N3O/c1-4-14-7-5-6-12(2)16(14)20-17(21)19-13(3)15-8-10-18-11-9-15/h5-11,13H,4H2,1-3H3,(H2,19,20,21). The molecule has 21 heavy (non-hydrogen) atoms. The average molecular weight is 283 g/mol. The number of carbonyl (C=O) groups excluding carboxylic acids is 1. The third-order valence-electron chi connectivity index (χ3n) is 3.53. The van der Waals surface area contributed by atoms with E-state index in [4.69, 9.17) is 0 Å². The number of para-hydroxylation sites is 1. The summed E-state index contributed by atoms with van der Waals surface area (Å²) in [5.41, 5.74) is 4.14. The van der Waals surface area contributed by atoms with E-state index in [2.05, 4.69) is 22.5 Å². The molecule has 0 aliphatic carbocycles. The Morgan fingerprint density at radius 3 is 2.62 bits per heavy atom. The van der Waals surface area contributed by atoms with Crippen molar-refractivity contribution < 1.29 is 4.79 Å². The summed E-state index contributed by atoms with van der Waals surface area (Å²) >= 11 is 0. The fourth-order valence-corrected chi connectivity index (χ4v) is 2.28. The maximum absolute atomic E-state index is 12.2. The highest BCUT2D eigenvalue weighted by Gasteiger charge is 2.12. The van der Waals surface area contributed by atoms with Crippen molar-refractivity contribution in [3.63, 3.8) is 0 Å². The molecule has 0 spiro atoms. The van der Waals surface area contributed by atoms with Gasteiger partial charge in [-0.25, -0.2) is 4.79 Å². The zero-order valence-electron chi connectivity index (χ0n) is 12.7. The molecule has 4 heteroatoms.